The molecule has 3 aromatic heterocycles. The molecule has 0 unspecified atom stereocenters. The number of rotatable bonds is 6. The van der Waals surface area contributed by atoms with Crippen molar-refractivity contribution in [2.24, 2.45) is 7.05 Å². The normalized spacial score (nSPS) is 11.1. The molecule has 0 aliphatic carbocycles. The highest BCUT2D eigenvalue weighted by atomic mass is 32.2. The molecule has 0 bridgehead atoms. The van der Waals surface area contributed by atoms with Crippen molar-refractivity contribution < 1.29 is 4.79 Å². The third-order valence-corrected chi connectivity index (χ3v) is 7.33. The number of hydrogen-bond acceptors (Lipinski definition) is 6. The second-order valence-electron chi connectivity index (χ2n) is 7.62. The Labute approximate surface area is 204 Å². The van der Waals surface area contributed by atoms with Crippen LogP contribution in [-0.2, 0) is 11.8 Å². The number of hydrogen-bond donors (Lipinski definition) is 1. The van der Waals surface area contributed by atoms with Crippen LogP contribution in [0.4, 0.5) is 5.69 Å². The van der Waals surface area contributed by atoms with Gasteiger partial charge in [0.1, 0.15) is 10.7 Å². The van der Waals surface area contributed by atoms with Crippen LogP contribution < -0.4 is 10.9 Å². The Hall–Kier alpha value is -3.69. The van der Waals surface area contributed by atoms with Crippen LogP contribution in [0.2, 0.25) is 0 Å². The Kier molecular flexibility index (Phi) is 6.04. The van der Waals surface area contributed by atoms with E-state index >= 15 is 0 Å². The average molecular weight is 488 g/mol. The molecule has 0 saturated heterocycles. The van der Waals surface area contributed by atoms with Gasteiger partial charge in [-0.25, -0.2) is 14.6 Å². The monoisotopic (exact) mass is 487 g/mol. The van der Waals surface area contributed by atoms with Gasteiger partial charge in [-0.1, -0.05) is 54.2 Å². The molecule has 0 atom stereocenters. The molecule has 0 spiro atoms. The average Bonchev–Trinajstić information content (AvgIpc) is 3.47. The number of nitrogens with zero attached hydrogens (tertiary/aromatic N) is 4. The minimum absolute atomic E-state index is 0.115. The van der Waals surface area contributed by atoms with E-state index < -0.39 is 0 Å². The van der Waals surface area contributed by atoms with E-state index in [-0.39, 0.29) is 22.9 Å². The summed E-state index contributed by atoms with van der Waals surface area (Å²) in [4.78, 5) is 36.3. The lowest BCUT2D eigenvalue weighted by molar-refractivity contribution is -0.113. The van der Waals surface area contributed by atoms with Crippen molar-refractivity contribution in [3.05, 3.63) is 88.2 Å². The van der Waals surface area contributed by atoms with Crippen molar-refractivity contribution >= 4 is 45.6 Å². The van der Waals surface area contributed by atoms with Gasteiger partial charge in [0.25, 0.3) is 5.56 Å². The molecule has 0 saturated carbocycles. The van der Waals surface area contributed by atoms with Gasteiger partial charge in [0, 0.05) is 12.4 Å². The van der Waals surface area contributed by atoms with Crippen LogP contribution in [0, 0.1) is 6.92 Å². The van der Waals surface area contributed by atoms with Gasteiger partial charge >= 0.3 is 0 Å². The van der Waals surface area contributed by atoms with Crippen LogP contribution in [0.15, 0.2) is 81.9 Å². The van der Waals surface area contributed by atoms with Crippen LogP contribution in [0.1, 0.15) is 5.69 Å². The predicted molar refractivity (Wildman–Crippen MR) is 138 cm³/mol. The number of anilines is 1. The number of carbonyl (C=O) groups is 1. The summed E-state index contributed by atoms with van der Waals surface area (Å²) < 4.78 is 3.29. The van der Waals surface area contributed by atoms with Gasteiger partial charge in [0.15, 0.2) is 5.82 Å². The Balaban J connectivity index is 1.39. The SMILES string of the molecule is Cc1c(NC(=O)CSc2nc(-c3cccs3)nc3ccccc23)c(=O)n(-c2ccccc2)n1C. The Morgan fingerprint density at radius 1 is 1.03 bits per heavy atom. The molecule has 9 heteroatoms. The topological polar surface area (TPSA) is 81.8 Å². The summed E-state index contributed by atoms with van der Waals surface area (Å²) >= 11 is 2.91. The fourth-order valence-corrected chi connectivity index (χ4v) is 5.17. The first-order valence-electron chi connectivity index (χ1n) is 10.6. The zero-order valence-electron chi connectivity index (χ0n) is 18.6. The van der Waals surface area contributed by atoms with Crippen LogP contribution in [0.5, 0.6) is 0 Å². The quantitative estimate of drug-likeness (QED) is 0.273. The lowest BCUT2D eigenvalue weighted by atomic mass is 10.2. The van der Waals surface area contributed by atoms with Gasteiger partial charge in [0.2, 0.25) is 5.91 Å². The lowest BCUT2D eigenvalue weighted by Gasteiger charge is -2.08. The van der Waals surface area contributed by atoms with Gasteiger partial charge in [-0.05, 0) is 36.6 Å². The number of thioether (sulfide) groups is 1. The van der Waals surface area contributed by atoms with Crippen molar-refractivity contribution in [3.63, 3.8) is 0 Å². The number of para-hydroxylation sites is 2. The van der Waals surface area contributed by atoms with E-state index in [4.69, 9.17) is 4.98 Å². The largest absolute Gasteiger partial charge is 0.319 e. The summed E-state index contributed by atoms with van der Waals surface area (Å²) in [7, 11) is 1.80. The molecule has 3 heterocycles. The van der Waals surface area contributed by atoms with Crippen molar-refractivity contribution in [2.75, 3.05) is 11.1 Å². The number of thiophene rings is 1. The van der Waals surface area contributed by atoms with Crippen molar-refractivity contribution in [1.82, 2.24) is 19.3 Å². The summed E-state index contributed by atoms with van der Waals surface area (Å²) in [6.45, 7) is 1.81. The lowest BCUT2D eigenvalue weighted by Crippen LogP contribution is -2.23. The van der Waals surface area contributed by atoms with Crippen LogP contribution in [-0.4, -0.2) is 31.0 Å². The molecule has 1 amide bonds. The fourth-order valence-electron chi connectivity index (χ4n) is 3.70. The molecule has 1 N–H and O–H groups in total. The van der Waals surface area contributed by atoms with E-state index in [9.17, 15) is 9.59 Å². The molecule has 0 radical (unpaired) electrons. The fraction of sp³-hybridized carbons (Fsp3) is 0.120. The molecule has 5 aromatic rings. The van der Waals surface area contributed by atoms with Gasteiger partial charge in [-0.2, -0.15) is 0 Å². The van der Waals surface area contributed by atoms with Gasteiger partial charge in [0.05, 0.1) is 27.5 Å². The van der Waals surface area contributed by atoms with Gasteiger partial charge < -0.3 is 5.32 Å². The Morgan fingerprint density at radius 2 is 1.79 bits per heavy atom. The van der Waals surface area contributed by atoms with E-state index in [0.717, 1.165) is 26.5 Å². The minimum atomic E-state index is -0.267. The second kappa shape index (κ2) is 9.28. The van der Waals surface area contributed by atoms with E-state index in [0.29, 0.717) is 11.5 Å². The molecule has 170 valence electrons. The zero-order chi connectivity index (χ0) is 23.7. The maximum absolute atomic E-state index is 13.1. The highest BCUT2D eigenvalue weighted by molar-refractivity contribution is 8.00. The molecule has 0 fully saturated rings. The second-order valence-corrected chi connectivity index (χ2v) is 9.53. The Bertz CT molecular complexity index is 1540. The van der Waals surface area contributed by atoms with Gasteiger partial charge in [-0.3, -0.25) is 14.3 Å². The first-order valence-corrected chi connectivity index (χ1v) is 12.5. The molecule has 0 aliphatic rings. The summed E-state index contributed by atoms with van der Waals surface area (Å²) in [5, 5.41) is 6.42. The van der Waals surface area contributed by atoms with Crippen LogP contribution in [0.25, 0.3) is 27.3 Å². The number of benzene rings is 2. The summed E-state index contributed by atoms with van der Waals surface area (Å²) in [5.74, 6) is 0.488. The van der Waals surface area contributed by atoms with E-state index in [2.05, 4.69) is 10.3 Å². The summed E-state index contributed by atoms with van der Waals surface area (Å²) in [6, 6.07) is 21.0. The highest BCUT2D eigenvalue weighted by Crippen LogP contribution is 2.30. The zero-order valence-corrected chi connectivity index (χ0v) is 20.2. The van der Waals surface area contributed by atoms with E-state index in [1.165, 1.54) is 11.8 Å². The third kappa shape index (κ3) is 4.15. The first kappa shape index (κ1) is 22.1. The number of aromatic nitrogens is 4. The van der Waals surface area contributed by atoms with Gasteiger partial charge in [-0.15, -0.1) is 11.3 Å². The number of amides is 1. The van der Waals surface area contributed by atoms with E-state index in [1.54, 1.807) is 27.7 Å². The Morgan fingerprint density at radius 3 is 2.56 bits per heavy atom. The van der Waals surface area contributed by atoms with Crippen LogP contribution >= 0.6 is 23.1 Å². The molecule has 2 aromatic carbocycles. The minimum Gasteiger partial charge on any atom is -0.319 e. The maximum Gasteiger partial charge on any atom is 0.295 e. The number of nitrogens with one attached hydrogen (secondary N) is 1. The highest BCUT2D eigenvalue weighted by Gasteiger charge is 2.19. The van der Waals surface area contributed by atoms with E-state index in [1.807, 2.05) is 79.0 Å². The number of carbonyl (C=O) groups excluding carboxylic acids is 1. The van der Waals surface area contributed by atoms with Crippen molar-refractivity contribution in [1.29, 1.82) is 0 Å². The summed E-state index contributed by atoms with van der Waals surface area (Å²) in [6.07, 6.45) is 0. The van der Waals surface area contributed by atoms with Crippen LogP contribution in [0.3, 0.4) is 0 Å². The number of fused-ring (bicyclic) bond motifs is 1. The molecule has 5 rings (SSSR count). The summed E-state index contributed by atoms with van der Waals surface area (Å²) in [5.41, 5.74) is 2.26. The standard InChI is InChI=1S/C25H21N5O2S2/c1-16-22(25(32)30(29(16)2)17-9-4-3-5-10-17)27-21(31)15-34-24-18-11-6-7-12-19(18)26-23(28-24)20-13-8-14-33-20/h3-14H,15H2,1-2H3,(H,27,31). The molecular formula is C25H21N5O2S2. The molecular weight excluding hydrogens is 466 g/mol. The molecule has 7 nitrogen and oxygen atoms in total. The third-order valence-electron chi connectivity index (χ3n) is 5.47. The smallest absolute Gasteiger partial charge is 0.295 e. The first-order chi connectivity index (χ1) is 16.5. The van der Waals surface area contributed by atoms with Crippen molar-refractivity contribution in [3.8, 4) is 16.4 Å². The molecule has 34 heavy (non-hydrogen) atoms. The molecule has 0 aliphatic heterocycles. The van der Waals surface area contributed by atoms with Crippen molar-refractivity contribution in [2.45, 2.75) is 11.9 Å². The maximum atomic E-state index is 13.1. The predicted octanol–water partition coefficient (Wildman–Crippen LogP) is 4.89.